The van der Waals surface area contributed by atoms with Crippen LogP contribution in [0.3, 0.4) is 0 Å². The number of nitrogens with zero attached hydrogens (tertiary/aromatic N) is 1. The molecule has 0 radical (unpaired) electrons. The van der Waals surface area contributed by atoms with Gasteiger partial charge < -0.3 is 5.11 Å². The Bertz CT molecular complexity index is 1020. The molecule has 26 heavy (non-hydrogen) atoms. The highest BCUT2D eigenvalue weighted by atomic mass is 16.6. The van der Waals surface area contributed by atoms with Gasteiger partial charge in [0.25, 0.3) is 5.69 Å². The molecule has 0 aromatic heterocycles. The lowest BCUT2D eigenvalue weighted by Gasteiger charge is -2.15. The first-order chi connectivity index (χ1) is 12.6. The van der Waals surface area contributed by atoms with Gasteiger partial charge in [-0.2, -0.15) is 0 Å². The first-order valence-corrected chi connectivity index (χ1v) is 8.28. The van der Waals surface area contributed by atoms with E-state index < -0.39 is 4.92 Å². The maximum absolute atomic E-state index is 12.4. The predicted octanol–water partition coefficient (Wildman–Crippen LogP) is 4.76. The molecule has 0 unspecified atom stereocenters. The van der Waals surface area contributed by atoms with Gasteiger partial charge in [-0.15, -0.1) is 0 Å². The summed E-state index contributed by atoms with van der Waals surface area (Å²) in [5.74, 6) is 0.0160. The van der Waals surface area contributed by atoms with Gasteiger partial charge in [-0.3, -0.25) is 14.9 Å². The van der Waals surface area contributed by atoms with E-state index in [2.05, 4.69) is 0 Å². The van der Waals surface area contributed by atoms with Crippen LogP contribution in [0.1, 0.15) is 22.3 Å². The van der Waals surface area contributed by atoms with E-state index in [-0.39, 0.29) is 17.2 Å². The third kappa shape index (κ3) is 2.54. The molecule has 1 aliphatic carbocycles. The average molecular weight is 345 g/mol. The van der Waals surface area contributed by atoms with Gasteiger partial charge in [0.2, 0.25) is 0 Å². The zero-order valence-corrected chi connectivity index (χ0v) is 13.8. The highest BCUT2D eigenvalue weighted by Crippen LogP contribution is 2.45. The van der Waals surface area contributed by atoms with E-state index in [9.17, 15) is 20.0 Å². The summed E-state index contributed by atoms with van der Waals surface area (Å²) < 4.78 is 0. The number of rotatable bonds is 3. The Labute approximate surface area is 149 Å². The van der Waals surface area contributed by atoms with Crippen molar-refractivity contribution in [3.05, 3.63) is 81.9 Å². The van der Waals surface area contributed by atoms with Gasteiger partial charge in [-0.05, 0) is 41.3 Å². The molecular weight excluding hydrogens is 330 g/mol. The maximum atomic E-state index is 12.4. The number of hydrogen-bond donors (Lipinski definition) is 1. The predicted molar refractivity (Wildman–Crippen MR) is 98.3 cm³/mol. The monoisotopic (exact) mass is 345 g/mol. The molecule has 3 aromatic rings. The maximum Gasteiger partial charge on any atom is 0.269 e. The van der Waals surface area contributed by atoms with Crippen molar-refractivity contribution in [3.8, 4) is 28.0 Å². The number of carbonyl (C=O) groups excluding carboxylic acids is 1. The largest absolute Gasteiger partial charge is 0.507 e. The van der Waals surface area contributed by atoms with Crippen LogP contribution in [-0.4, -0.2) is 15.8 Å². The number of aryl methyl sites for hydroxylation is 1. The fraction of sp³-hybridized carbons (Fsp3) is 0.0952. The Hall–Kier alpha value is -3.47. The van der Waals surface area contributed by atoms with Crippen molar-refractivity contribution in [2.45, 2.75) is 12.8 Å². The average Bonchev–Trinajstić information content (AvgIpc) is 3.03. The number of carbonyl (C=O) groups is 1. The highest BCUT2D eigenvalue weighted by Gasteiger charge is 2.28. The Morgan fingerprint density at radius 3 is 2.23 bits per heavy atom. The Morgan fingerprint density at radius 2 is 1.58 bits per heavy atom. The molecular formula is C21H15NO4. The van der Waals surface area contributed by atoms with Gasteiger partial charge in [0.05, 0.1) is 4.92 Å². The van der Waals surface area contributed by atoms with E-state index in [1.165, 1.54) is 12.1 Å². The van der Waals surface area contributed by atoms with Gasteiger partial charge in [0, 0.05) is 35.2 Å². The van der Waals surface area contributed by atoms with Crippen LogP contribution in [0, 0.1) is 10.1 Å². The molecule has 0 aliphatic heterocycles. The molecule has 0 bridgehead atoms. The number of phenols is 1. The number of nitro groups is 1. The minimum absolute atomic E-state index is 0.0109. The van der Waals surface area contributed by atoms with E-state index in [1.807, 2.05) is 36.4 Å². The van der Waals surface area contributed by atoms with Crippen molar-refractivity contribution in [1.82, 2.24) is 0 Å². The minimum atomic E-state index is -0.473. The van der Waals surface area contributed by atoms with E-state index in [0.29, 0.717) is 35.1 Å². The molecule has 0 atom stereocenters. The standard InChI is InChI=1S/C21H15NO4/c23-18-11-8-15-12-17(13-4-2-1-3-5-13)21(24)20(19(15)18)14-6-9-16(10-7-14)22(25)26/h1-7,9-10,12,24H,8,11H2. The van der Waals surface area contributed by atoms with Crippen molar-refractivity contribution in [3.63, 3.8) is 0 Å². The number of hydrogen-bond acceptors (Lipinski definition) is 4. The lowest BCUT2D eigenvalue weighted by molar-refractivity contribution is -0.384. The third-order valence-corrected chi connectivity index (χ3v) is 4.73. The molecule has 1 aliphatic rings. The SMILES string of the molecule is O=C1CCc2cc(-c3ccccc3)c(O)c(-c3ccc([N+](=O)[O-])cc3)c21. The molecule has 5 nitrogen and oxygen atoms in total. The van der Waals surface area contributed by atoms with E-state index >= 15 is 0 Å². The first kappa shape index (κ1) is 16.0. The molecule has 4 rings (SSSR count). The van der Waals surface area contributed by atoms with Crippen LogP contribution in [-0.2, 0) is 6.42 Å². The number of phenolic OH excluding ortho intramolecular Hbond substituents is 1. The topological polar surface area (TPSA) is 80.4 Å². The zero-order chi connectivity index (χ0) is 18.3. The number of nitro benzene ring substituents is 1. The second-order valence-electron chi connectivity index (χ2n) is 6.28. The summed E-state index contributed by atoms with van der Waals surface area (Å²) in [6, 6.07) is 17.3. The van der Waals surface area contributed by atoms with Crippen LogP contribution in [0.2, 0.25) is 0 Å². The van der Waals surface area contributed by atoms with E-state index in [0.717, 1.165) is 11.1 Å². The summed E-state index contributed by atoms with van der Waals surface area (Å²) in [6.07, 6.45) is 1.04. The Balaban J connectivity index is 1.97. The molecule has 5 heteroatoms. The van der Waals surface area contributed by atoms with Gasteiger partial charge in [-0.1, -0.05) is 30.3 Å². The minimum Gasteiger partial charge on any atom is -0.507 e. The molecule has 0 saturated carbocycles. The Kier molecular flexibility index (Phi) is 3.77. The molecule has 0 amide bonds. The molecule has 0 saturated heterocycles. The van der Waals surface area contributed by atoms with Crippen molar-refractivity contribution >= 4 is 11.5 Å². The van der Waals surface area contributed by atoms with Crippen molar-refractivity contribution in [2.24, 2.45) is 0 Å². The molecule has 0 spiro atoms. The summed E-state index contributed by atoms with van der Waals surface area (Å²) in [6.45, 7) is 0. The Morgan fingerprint density at radius 1 is 0.885 bits per heavy atom. The number of benzene rings is 3. The van der Waals surface area contributed by atoms with Gasteiger partial charge in [-0.25, -0.2) is 0 Å². The number of Topliss-reactive ketones (excluding diaryl/α,β-unsaturated/α-hetero) is 1. The van der Waals surface area contributed by atoms with Crippen LogP contribution in [0.5, 0.6) is 5.75 Å². The molecule has 3 aromatic carbocycles. The first-order valence-electron chi connectivity index (χ1n) is 8.28. The quantitative estimate of drug-likeness (QED) is 0.548. The highest BCUT2D eigenvalue weighted by molar-refractivity contribution is 6.09. The van der Waals surface area contributed by atoms with Crippen LogP contribution < -0.4 is 0 Å². The molecule has 0 heterocycles. The van der Waals surface area contributed by atoms with Gasteiger partial charge >= 0.3 is 0 Å². The molecule has 0 fully saturated rings. The lowest BCUT2D eigenvalue weighted by Crippen LogP contribution is -1.98. The zero-order valence-electron chi connectivity index (χ0n) is 13.8. The number of ketones is 1. The fourth-order valence-corrected chi connectivity index (χ4v) is 3.49. The van der Waals surface area contributed by atoms with E-state index in [1.54, 1.807) is 12.1 Å². The van der Waals surface area contributed by atoms with Gasteiger partial charge in [0.1, 0.15) is 5.75 Å². The summed E-state index contributed by atoms with van der Waals surface area (Å²) >= 11 is 0. The van der Waals surface area contributed by atoms with Crippen molar-refractivity contribution in [1.29, 1.82) is 0 Å². The molecule has 128 valence electrons. The molecule has 1 N–H and O–H groups in total. The summed E-state index contributed by atoms with van der Waals surface area (Å²) in [4.78, 5) is 22.8. The number of fused-ring (bicyclic) bond motifs is 1. The van der Waals surface area contributed by atoms with Crippen LogP contribution in [0.4, 0.5) is 5.69 Å². The second-order valence-corrected chi connectivity index (χ2v) is 6.28. The summed E-state index contributed by atoms with van der Waals surface area (Å²) in [7, 11) is 0. The summed E-state index contributed by atoms with van der Waals surface area (Å²) in [5, 5.41) is 21.9. The normalized spacial score (nSPS) is 12.8. The number of non-ortho nitro benzene ring substituents is 1. The van der Waals surface area contributed by atoms with Crippen LogP contribution in [0.15, 0.2) is 60.7 Å². The summed E-state index contributed by atoms with van der Waals surface area (Å²) in [5.41, 5.74) is 3.96. The van der Waals surface area contributed by atoms with Crippen LogP contribution in [0.25, 0.3) is 22.3 Å². The van der Waals surface area contributed by atoms with Gasteiger partial charge in [0.15, 0.2) is 5.78 Å². The van der Waals surface area contributed by atoms with Crippen LogP contribution >= 0.6 is 0 Å². The second kappa shape index (κ2) is 6.11. The smallest absolute Gasteiger partial charge is 0.269 e. The van der Waals surface area contributed by atoms with Crippen molar-refractivity contribution in [2.75, 3.05) is 0 Å². The number of aromatic hydroxyl groups is 1. The van der Waals surface area contributed by atoms with E-state index in [4.69, 9.17) is 0 Å². The fourth-order valence-electron chi connectivity index (χ4n) is 3.49. The lowest BCUT2D eigenvalue weighted by atomic mass is 9.90. The third-order valence-electron chi connectivity index (χ3n) is 4.73. The van der Waals surface area contributed by atoms with Crippen molar-refractivity contribution < 1.29 is 14.8 Å².